The predicted octanol–water partition coefficient (Wildman–Crippen LogP) is 11.0. The third-order valence-corrected chi connectivity index (χ3v) is 19.1. The first-order chi connectivity index (χ1) is 28.8. The van der Waals surface area contributed by atoms with Crippen LogP contribution in [-0.2, 0) is 0 Å². The van der Waals surface area contributed by atoms with Gasteiger partial charge in [0.25, 0.3) is 0 Å². The molecule has 0 atom stereocenters. The number of fused-ring (bicyclic) bond motifs is 7. The van der Waals surface area contributed by atoms with Crippen LogP contribution in [0.3, 0.4) is 0 Å². The Morgan fingerprint density at radius 2 is 0.776 bits per heavy atom. The Hall–Kier alpha value is -7.12. The van der Waals surface area contributed by atoms with Crippen molar-refractivity contribution in [3.63, 3.8) is 0 Å². The van der Waals surface area contributed by atoms with Gasteiger partial charge in [-0.1, -0.05) is 0 Å². The van der Waals surface area contributed by atoms with E-state index in [0.29, 0.717) is 0 Å². The molecule has 7 aromatic carbocycles. The van der Waals surface area contributed by atoms with E-state index in [2.05, 4.69) is 206 Å². The number of hydrogen-bond acceptors (Lipinski definition) is 4. The van der Waals surface area contributed by atoms with Gasteiger partial charge >= 0.3 is 344 Å². The van der Waals surface area contributed by atoms with Gasteiger partial charge < -0.3 is 0 Å². The van der Waals surface area contributed by atoms with Gasteiger partial charge in [-0.05, 0) is 0 Å². The molecule has 5 heterocycles. The van der Waals surface area contributed by atoms with Crippen molar-refractivity contribution in [1.29, 1.82) is 0 Å². The molecule has 5 nitrogen and oxygen atoms in total. The van der Waals surface area contributed by atoms with E-state index in [0.717, 1.165) is 28.2 Å². The van der Waals surface area contributed by atoms with Gasteiger partial charge in [0.15, 0.2) is 0 Å². The van der Waals surface area contributed by atoms with Gasteiger partial charge in [0.05, 0.1) is 0 Å². The number of pyridine rings is 2. The van der Waals surface area contributed by atoms with Crippen molar-refractivity contribution >= 4 is 84.5 Å². The number of benzene rings is 7. The molecule has 0 saturated heterocycles. The Balaban J connectivity index is 1.23. The van der Waals surface area contributed by atoms with Crippen LogP contribution in [-0.4, -0.2) is 30.8 Å². The molecule has 58 heavy (non-hydrogen) atoms. The fraction of sp³-hybridized carbons (Fsp3) is 0. The molecule has 0 amide bonds. The molecule has 3 aromatic heterocycles. The molecule has 2 aliphatic heterocycles. The summed E-state index contributed by atoms with van der Waals surface area (Å²) in [7, 11) is 0. The number of anilines is 6. The van der Waals surface area contributed by atoms with Crippen LogP contribution in [0.15, 0.2) is 207 Å². The van der Waals surface area contributed by atoms with Crippen LogP contribution in [0.1, 0.15) is 0 Å². The van der Waals surface area contributed by atoms with Crippen LogP contribution in [0, 0.1) is 0 Å². The third kappa shape index (κ3) is 5.05. The molecular formula is C52H34GaN5. The maximum absolute atomic E-state index is 4.34. The van der Waals surface area contributed by atoms with Crippen LogP contribution in [0.25, 0.3) is 49.7 Å². The maximum atomic E-state index is 4.34. The molecule has 0 spiro atoms. The monoisotopic (exact) mass is 797 g/mol. The second-order valence-corrected chi connectivity index (χ2v) is 20.7. The Kier molecular flexibility index (Phi) is 7.54. The molecule has 0 unspecified atom stereocenters. The first-order valence-electron chi connectivity index (χ1n) is 19.8. The van der Waals surface area contributed by atoms with Crippen LogP contribution in [0.2, 0.25) is 0 Å². The van der Waals surface area contributed by atoms with E-state index in [1.54, 1.807) is 0 Å². The van der Waals surface area contributed by atoms with Crippen molar-refractivity contribution < 1.29 is 0 Å². The Labute approximate surface area is 341 Å². The summed E-state index contributed by atoms with van der Waals surface area (Å²) in [6.45, 7) is 0. The quantitative estimate of drug-likeness (QED) is 0.163. The molecule has 0 aliphatic carbocycles. The summed E-state index contributed by atoms with van der Waals surface area (Å²) in [5.41, 5.74) is 15.5. The van der Waals surface area contributed by atoms with Crippen LogP contribution >= 0.6 is 0 Å². The summed E-state index contributed by atoms with van der Waals surface area (Å²) in [5.74, 6) is 0. The van der Waals surface area contributed by atoms with E-state index in [9.17, 15) is 0 Å². The summed E-state index contributed by atoms with van der Waals surface area (Å²) >= 11 is -2.85. The van der Waals surface area contributed by atoms with Gasteiger partial charge in [-0.2, -0.15) is 0 Å². The molecule has 2 aliphatic rings. The van der Waals surface area contributed by atoms with Crippen molar-refractivity contribution in [3.8, 4) is 27.9 Å². The van der Waals surface area contributed by atoms with Gasteiger partial charge in [0, 0.05) is 0 Å². The number of rotatable bonds is 5. The van der Waals surface area contributed by atoms with E-state index in [4.69, 9.17) is 0 Å². The van der Waals surface area contributed by atoms with E-state index >= 15 is 0 Å². The van der Waals surface area contributed by atoms with E-state index in [1.807, 2.05) is 24.8 Å². The summed E-state index contributed by atoms with van der Waals surface area (Å²) in [6, 6.07) is 67.3. The van der Waals surface area contributed by atoms with Gasteiger partial charge in [-0.3, -0.25) is 0 Å². The molecular weight excluding hydrogens is 764 g/mol. The van der Waals surface area contributed by atoms with E-state index in [-0.39, 0.29) is 0 Å². The van der Waals surface area contributed by atoms with Crippen molar-refractivity contribution in [3.05, 3.63) is 207 Å². The minimum atomic E-state index is -2.85. The number of para-hydroxylation sites is 4. The Morgan fingerprint density at radius 1 is 0.345 bits per heavy atom. The van der Waals surface area contributed by atoms with Crippen LogP contribution in [0.5, 0.6) is 0 Å². The zero-order chi connectivity index (χ0) is 38.2. The minimum absolute atomic E-state index is 1.14. The zero-order valence-corrected chi connectivity index (χ0v) is 33.9. The van der Waals surface area contributed by atoms with Crippen molar-refractivity contribution in [2.24, 2.45) is 0 Å². The summed E-state index contributed by atoms with van der Waals surface area (Å²) in [4.78, 5) is 13.8. The molecule has 0 saturated carbocycles. The van der Waals surface area contributed by atoms with Crippen molar-refractivity contribution in [1.82, 2.24) is 14.5 Å². The van der Waals surface area contributed by atoms with Crippen molar-refractivity contribution in [2.75, 3.05) is 9.80 Å². The van der Waals surface area contributed by atoms with Gasteiger partial charge in [0.1, 0.15) is 0 Å². The molecule has 6 heteroatoms. The summed E-state index contributed by atoms with van der Waals surface area (Å²) in [5, 5.41) is 2.50. The predicted molar refractivity (Wildman–Crippen MR) is 241 cm³/mol. The van der Waals surface area contributed by atoms with Gasteiger partial charge in [-0.15, -0.1) is 0 Å². The topological polar surface area (TPSA) is 37.2 Å². The Bertz CT molecular complexity index is 2970. The number of hydrogen-bond donors (Lipinski definition) is 0. The number of nitrogens with zero attached hydrogens (tertiary/aromatic N) is 5. The van der Waals surface area contributed by atoms with Crippen LogP contribution in [0.4, 0.5) is 34.1 Å². The molecule has 0 N–H and O–H groups in total. The van der Waals surface area contributed by atoms with Crippen LogP contribution < -0.4 is 22.2 Å². The van der Waals surface area contributed by atoms with E-state index in [1.165, 1.54) is 68.0 Å². The normalized spacial score (nSPS) is 12.7. The first-order valence-corrected chi connectivity index (χ1v) is 23.4. The SMILES string of the molecule is c1ccc(N2c3cc(-c4ccncc4)cc[c]3[Ga]3[c]4ccc(-c5ccncc5)cc4N(c4ccccc4)c4cc(-n5c6ccccc6c6ccccc65)cc2[c]43)cc1. The van der Waals surface area contributed by atoms with Gasteiger partial charge in [-0.25, -0.2) is 0 Å². The Morgan fingerprint density at radius 3 is 1.24 bits per heavy atom. The van der Waals surface area contributed by atoms with Gasteiger partial charge in [0.2, 0.25) is 0 Å². The molecule has 12 rings (SSSR count). The van der Waals surface area contributed by atoms with Crippen molar-refractivity contribution in [2.45, 2.75) is 0 Å². The molecule has 0 bridgehead atoms. The summed E-state index contributed by atoms with van der Waals surface area (Å²) in [6.07, 6.45) is 7.54. The fourth-order valence-corrected chi connectivity index (χ4v) is 16.9. The van der Waals surface area contributed by atoms with E-state index < -0.39 is 16.2 Å². The zero-order valence-electron chi connectivity index (χ0n) is 31.4. The molecule has 270 valence electrons. The average Bonchev–Trinajstić information content (AvgIpc) is 3.64. The standard InChI is InChI=1S/C52H34N5.Ga/c1-3-15-42(16-4-1)55(44-19-11-13-40(33-44)38-25-29-53-30-26-38)46-35-47(37-48(36-46)57-51-23-9-7-21-49(51)50-22-8-10-24-52(50)57)56(43-17-5-2-6-18-43)45-20-12-14-41(34-45)39-27-31-54-32-28-39;/h1-18,21-34,36-37H;. The molecule has 10 aromatic rings. The first kappa shape index (κ1) is 33.1. The molecule has 0 radical (unpaired) electrons. The molecule has 0 fully saturated rings. The fourth-order valence-electron chi connectivity index (χ4n) is 9.46. The average molecular weight is 799 g/mol. The summed E-state index contributed by atoms with van der Waals surface area (Å²) < 4.78 is 6.86. The second-order valence-electron chi connectivity index (χ2n) is 15.1. The number of aromatic nitrogens is 3. The third-order valence-electron chi connectivity index (χ3n) is 12.0. The second kappa shape index (κ2) is 13.2.